The maximum Gasteiger partial charge on any atom is 0.327 e. The highest BCUT2D eigenvalue weighted by Gasteiger charge is 2.30. The summed E-state index contributed by atoms with van der Waals surface area (Å²) in [5.74, 6) is -8.19. The van der Waals surface area contributed by atoms with Crippen LogP contribution in [0, 0.1) is 5.92 Å². The van der Waals surface area contributed by atoms with Crippen molar-refractivity contribution >= 4 is 90.4 Å². The summed E-state index contributed by atoms with van der Waals surface area (Å²) in [5.41, 5.74) is 27.1. The van der Waals surface area contributed by atoms with Gasteiger partial charge in [0.05, 0.1) is 32.2 Å². The van der Waals surface area contributed by atoms with Crippen LogP contribution in [0.5, 0.6) is 0 Å². The van der Waals surface area contributed by atoms with E-state index >= 15 is 0 Å². The molecule has 0 rings (SSSR count). The lowest BCUT2D eigenvalue weighted by molar-refractivity contribution is -0.141. The first-order chi connectivity index (χ1) is 27.7. The molecule has 0 radical (unpaired) electrons. The van der Waals surface area contributed by atoms with Crippen LogP contribution in [0.25, 0.3) is 0 Å². The maximum atomic E-state index is 13.7. The van der Waals surface area contributed by atoms with Gasteiger partial charge in [-0.1, -0.05) is 13.8 Å². The average molecular weight is 878 g/mol. The summed E-state index contributed by atoms with van der Waals surface area (Å²) in [6, 6.07) is -6.02. The Morgan fingerprint density at radius 3 is 1.36 bits per heavy atom. The van der Waals surface area contributed by atoms with E-state index in [0.29, 0.717) is 0 Å². The maximum absolute atomic E-state index is 13.7. The van der Waals surface area contributed by atoms with E-state index in [2.05, 4.69) is 77.8 Å². The van der Waals surface area contributed by atoms with Gasteiger partial charge < -0.3 is 76.3 Å². The molecule has 0 saturated carbocycles. The molecule has 0 bridgehead atoms. The number of carboxylic acid groups (broad SMARTS) is 1. The number of aliphatic carboxylic acids is 1. The number of thiol groups is 2. The molecule has 25 nitrogen and oxygen atoms in total. The van der Waals surface area contributed by atoms with Gasteiger partial charge in [0.2, 0.25) is 47.3 Å². The fourth-order valence-corrected chi connectivity index (χ4v) is 5.04. The minimum Gasteiger partial charge on any atom is -0.480 e. The highest BCUT2D eigenvalue weighted by atomic mass is 32.1. The molecule has 27 heteroatoms. The minimum absolute atomic E-state index is 0.0280. The minimum atomic E-state index is -1.32. The van der Waals surface area contributed by atoms with E-state index in [9.17, 15) is 43.2 Å². The van der Waals surface area contributed by atoms with E-state index in [1.807, 2.05) is 0 Å². The van der Waals surface area contributed by atoms with Crippen LogP contribution < -0.4 is 71.2 Å². The van der Waals surface area contributed by atoms with Gasteiger partial charge in [-0.15, -0.1) is 0 Å². The Morgan fingerprint density at radius 2 is 0.949 bits per heavy atom. The molecule has 0 aromatic heterocycles. The van der Waals surface area contributed by atoms with E-state index in [0.717, 1.165) is 0 Å². The third kappa shape index (κ3) is 25.4. The van der Waals surface area contributed by atoms with Gasteiger partial charge in [-0.2, -0.15) is 25.3 Å². The van der Waals surface area contributed by atoms with Crippen molar-refractivity contribution in [3.63, 3.8) is 0 Å². The predicted molar refractivity (Wildman–Crippen MR) is 222 cm³/mol. The molecular weight excluding hydrogens is 819 g/mol. The van der Waals surface area contributed by atoms with Gasteiger partial charge in [0.25, 0.3) is 0 Å². The number of carboxylic acids is 1. The van der Waals surface area contributed by atoms with E-state index < -0.39 is 110 Å². The highest BCUT2D eigenvalue weighted by Crippen LogP contribution is 2.08. The van der Waals surface area contributed by atoms with Crippen molar-refractivity contribution < 1.29 is 48.3 Å². The molecule has 19 N–H and O–H groups in total. The van der Waals surface area contributed by atoms with Gasteiger partial charge in [-0.25, -0.2) is 4.79 Å². The lowest BCUT2D eigenvalue weighted by atomic mass is 10.0. The third-order valence-electron chi connectivity index (χ3n) is 7.60. The molecule has 0 spiro atoms. The average Bonchev–Trinajstić information content (AvgIpc) is 3.17. The second-order valence-corrected chi connectivity index (χ2v) is 13.9. The summed E-state index contributed by atoms with van der Waals surface area (Å²) < 4.78 is 0. The van der Waals surface area contributed by atoms with Crippen molar-refractivity contribution in [2.45, 2.75) is 76.2 Å². The van der Waals surface area contributed by atoms with Crippen molar-refractivity contribution in [3.8, 4) is 0 Å². The summed E-state index contributed by atoms with van der Waals surface area (Å²) >= 11 is 7.75. The number of carbonyl (C=O) groups is 9. The van der Waals surface area contributed by atoms with Crippen LogP contribution in [0.15, 0.2) is 9.98 Å². The van der Waals surface area contributed by atoms with E-state index in [1.54, 1.807) is 13.8 Å². The van der Waals surface area contributed by atoms with E-state index in [1.165, 1.54) is 0 Å². The van der Waals surface area contributed by atoms with Crippen LogP contribution >= 0.6 is 25.3 Å². The molecule has 0 aromatic rings. The number of nitrogens with two attached hydrogens (primary N) is 5. The van der Waals surface area contributed by atoms with Crippen molar-refractivity contribution in [3.05, 3.63) is 0 Å². The molecule has 5 unspecified atom stereocenters. The summed E-state index contributed by atoms with van der Waals surface area (Å²) in [7, 11) is 0. The van der Waals surface area contributed by atoms with Crippen LogP contribution in [0.3, 0.4) is 0 Å². The Morgan fingerprint density at radius 1 is 0.542 bits per heavy atom. The summed E-state index contributed by atoms with van der Waals surface area (Å²) in [6.07, 6.45) is 0.388. The number of guanidine groups is 2. The number of hydrogen-bond donors (Lipinski definition) is 16. The number of carbonyl (C=O) groups excluding carboxylic acids is 8. The van der Waals surface area contributed by atoms with Gasteiger partial charge in [0.1, 0.15) is 24.2 Å². The summed E-state index contributed by atoms with van der Waals surface area (Å²) in [4.78, 5) is 121. The molecule has 0 aromatic carbocycles. The fourth-order valence-electron chi connectivity index (χ4n) is 4.62. The molecule has 0 aliphatic rings. The van der Waals surface area contributed by atoms with E-state index in [4.69, 9.17) is 33.8 Å². The predicted octanol–water partition coefficient (Wildman–Crippen LogP) is -7.18. The van der Waals surface area contributed by atoms with Gasteiger partial charge in [0, 0.05) is 24.6 Å². The largest absolute Gasteiger partial charge is 0.480 e. The fraction of sp³-hybridized carbons (Fsp3) is 0.656. The Hall–Kier alpha value is -5.57. The SMILES string of the molecule is CC(C)CC(NC(=O)C(CCCN=C(N)N)NC(=O)C(CCCN=C(N)N)NC(=O)CNC(=O)CNC(=O)C(N)CS)C(=O)NCC(=O)NCC(=O)NC(CS)C(=O)O. The lowest BCUT2D eigenvalue weighted by Gasteiger charge is -2.26. The molecule has 59 heavy (non-hydrogen) atoms. The highest BCUT2D eigenvalue weighted by molar-refractivity contribution is 7.80. The molecule has 0 saturated heterocycles. The standard InChI is InChI=1S/C32H59N15O10S2/c1-16(2)9-20(27(53)43-11-23(49)41-13-25(51)45-21(15-59)30(56)57)47-29(55)19(6-4-8-39-32(36)37)46-28(54)18(5-3-7-38-31(34)35)44-24(50)12-40-22(48)10-42-26(52)17(33)14-58/h16-21,58-59H,3-15,33H2,1-2H3,(H,40,48)(H,41,49)(H,42,52)(H,43,53)(H,44,50)(H,45,51)(H,46,54)(H,47,55)(H,56,57)(H4,34,35,38)(H4,36,37,39). The molecule has 0 aliphatic heterocycles. The van der Waals surface area contributed by atoms with Crippen LogP contribution in [-0.4, -0.2) is 151 Å². The quantitative estimate of drug-likeness (QED) is 0.0144. The normalized spacial score (nSPS) is 13.1. The number of amides is 8. The van der Waals surface area contributed by atoms with Gasteiger partial charge in [0.15, 0.2) is 11.9 Å². The molecule has 334 valence electrons. The van der Waals surface area contributed by atoms with E-state index in [-0.39, 0.29) is 74.5 Å². The summed E-state index contributed by atoms with van der Waals surface area (Å²) in [6.45, 7) is 1.42. The summed E-state index contributed by atoms with van der Waals surface area (Å²) in [5, 5.41) is 28.1. The number of aliphatic imine (C=N–C) groups is 2. The van der Waals surface area contributed by atoms with Crippen molar-refractivity contribution in [1.82, 2.24) is 42.5 Å². The Kier molecular flexibility index (Phi) is 26.8. The Labute approximate surface area is 351 Å². The molecule has 0 fully saturated rings. The first-order valence-corrected chi connectivity index (χ1v) is 19.6. The Balaban J connectivity index is 5.92. The Bertz CT molecular complexity index is 1510. The second kappa shape index (κ2) is 29.6. The molecule has 8 amide bonds. The van der Waals surface area contributed by atoms with Crippen LogP contribution in [0.4, 0.5) is 0 Å². The first-order valence-electron chi connectivity index (χ1n) is 18.3. The van der Waals surface area contributed by atoms with Crippen LogP contribution in [0.2, 0.25) is 0 Å². The lowest BCUT2D eigenvalue weighted by Crippen LogP contribution is -2.57. The van der Waals surface area contributed by atoms with Gasteiger partial charge >= 0.3 is 5.97 Å². The monoisotopic (exact) mass is 877 g/mol. The zero-order chi connectivity index (χ0) is 45.1. The smallest absolute Gasteiger partial charge is 0.327 e. The zero-order valence-corrected chi connectivity index (χ0v) is 34.7. The number of rotatable bonds is 29. The topological polar surface area (TPSA) is 425 Å². The molecular formula is C32H59N15O10S2. The number of nitrogens with one attached hydrogen (secondary N) is 8. The van der Waals surface area contributed by atoms with Crippen molar-refractivity contribution in [2.75, 3.05) is 50.8 Å². The van der Waals surface area contributed by atoms with Crippen LogP contribution in [-0.2, 0) is 43.2 Å². The van der Waals surface area contributed by atoms with Crippen LogP contribution in [0.1, 0.15) is 46.0 Å². The third-order valence-corrected chi connectivity index (χ3v) is 8.36. The van der Waals surface area contributed by atoms with Gasteiger partial charge in [-0.05, 0) is 38.0 Å². The number of hydrogen-bond acceptors (Lipinski definition) is 14. The first kappa shape index (κ1) is 53.4. The zero-order valence-electron chi connectivity index (χ0n) is 33.0. The van der Waals surface area contributed by atoms with Crippen molar-refractivity contribution in [2.24, 2.45) is 44.6 Å². The molecule has 5 atom stereocenters. The second-order valence-electron chi connectivity index (χ2n) is 13.2. The molecule has 0 heterocycles. The van der Waals surface area contributed by atoms with Gasteiger partial charge in [-0.3, -0.25) is 48.3 Å². The van der Waals surface area contributed by atoms with Crippen molar-refractivity contribution in [1.29, 1.82) is 0 Å². The number of nitrogens with zero attached hydrogens (tertiary/aromatic N) is 2. The molecule has 0 aliphatic carbocycles.